The summed E-state index contributed by atoms with van der Waals surface area (Å²) in [6, 6.07) is 4.97. The molecule has 112 valence electrons. The second kappa shape index (κ2) is 7.93. The van der Waals surface area contributed by atoms with Gasteiger partial charge in [-0.15, -0.1) is 12.4 Å². The van der Waals surface area contributed by atoms with Gasteiger partial charge in [0.2, 0.25) is 0 Å². The lowest BCUT2D eigenvalue weighted by Gasteiger charge is -2.29. The molecule has 0 aromatic heterocycles. The van der Waals surface area contributed by atoms with Crippen molar-refractivity contribution in [1.82, 2.24) is 10.2 Å². The Hall–Kier alpha value is -0.680. The van der Waals surface area contributed by atoms with Gasteiger partial charge in [-0.25, -0.2) is 0 Å². The molecule has 1 N–H and O–H groups in total. The molecule has 1 aromatic carbocycles. The van der Waals surface area contributed by atoms with Crippen LogP contribution in [0.5, 0.6) is 5.75 Å². The number of hydrogen-bond acceptors (Lipinski definition) is 3. The summed E-state index contributed by atoms with van der Waals surface area (Å²) >= 11 is 11.7. The largest absolute Gasteiger partial charge is 0.481 e. The summed E-state index contributed by atoms with van der Waals surface area (Å²) in [7, 11) is 0. The molecule has 1 aliphatic heterocycles. The Balaban J connectivity index is 0.00000200. The van der Waals surface area contributed by atoms with E-state index in [0.717, 1.165) is 13.1 Å². The quantitative estimate of drug-likeness (QED) is 0.920. The third-order valence-corrected chi connectivity index (χ3v) is 3.72. The molecule has 7 heteroatoms. The van der Waals surface area contributed by atoms with E-state index in [1.54, 1.807) is 30.0 Å². The molecule has 1 atom stereocenters. The van der Waals surface area contributed by atoms with Crippen molar-refractivity contribution in [2.75, 3.05) is 26.2 Å². The molecule has 4 nitrogen and oxygen atoms in total. The van der Waals surface area contributed by atoms with Crippen LogP contribution in [0.3, 0.4) is 0 Å². The summed E-state index contributed by atoms with van der Waals surface area (Å²) in [6.45, 7) is 4.82. The van der Waals surface area contributed by atoms with Crippen molar-refractivity contribution in [2.24, 2.45) is 0 Å². The number of hydrogen-bond donors (Lipinski definition) is 1. The number of amides is 1. The van der Waals surface area contributed by atoms with Crippen LogP contribution in [-0.4, -0.2) is 43.1 Å². The molecule has 20 heavy (non-hydrogen) atoms. The third kappa shape index (κ3) is 4.42. The summed E-state index contributed by atoms with van der Waals surface area (Å²) in [5.74, 6) is 0.540. The number of nitrogens with zero attached hydrogens (tertiary/aromatic N) is 1. The zero-order chi connectivity index (χ0) is 13.8. The van der Waals surface area contributed by atoms with E-state index in [9.17, 15) is 4.79 Å². The van der Waals surface area contributed by atoms with Gasteiger partial charge in [-0.1, -0.05) is 23.2 Å². The predicted molar refractivity (Wildman–Crippen MR) is 83.2 cm³/mol. The molecule has 1 aromatic rings. The number of ether oxygens (including phenoxy) is 1. The minimum Gasteiger partial charge on any atom is -0.481 e. The van der Waals surface area contributed by atoms with E-state index in [1.807, 2.05) is 0 Å². The Morgan fingerprint density at radius 1 is 1.30 bits per heavy atom. The van der Waals surface area contributed by atoms with Crippen LogP contribution in [-0.2, 0) is 4.79 Å². The van der Waals surface area contributed by atoms with Gasteiger partial charge in [-0.05, 0) is 19.1 Å². The highest BCUT2D eigenvalue weighted by Gasteiger charge is 2.23. The lowest BCUT2D eigenvalue weighted by Crippen LogP contribution is -2.50. The van der Waals surface area contributed by atoms with Gasteiger partial charge in [0.15, 0.2) is 6.10 Å². The standard InChI is InChI=1S/C13H16Cl2N2O2.ClH/c1-9(13(18)17-6-4-16-5-7-17)19-10-2-3-11(14)12(15)8-10;/h2-3,8-9,16H,4-7H2,1H3;1H. The highest BCUT2D eigenvalue weighted by atomic mass is 35.5. The first-order valence-electron chi connectivity index (χ1n) is 6.19. The molecule has 0 spiro atoms. The van der Waals surface area contributed by atoms with E-state index in [2.05, 4.69) is 5.32 Å². The van der Waals surface area contributed by atoms with E-state index in [1.165, 1.54) is 0 Å². The van der Waals surface area contributed by atoms with Gasteiger partial charge in [0.1, 0.15) is 5.75 Å². The molecule has 1 unspecified atom stereocenters. The molecule has 1 amide bonds. The van der Waals surface area contributed by atoms with Gasteiger partial charge < -0.3 is 15.0 Å². The Labute approximate surface area is 134 Å². The average Bonchev–Trinajstić information content (AvgIpc) is 2.43. The van der Waals surface area contributed by atoms with Crippen LogP contribution in [0.4, 0.5) is 0 Å². The maximum atomic E-state index is 12.2. The monoisotopic (exact) mass is 338 g/mol. The van der Waals surface area contributed by atoms with Gasteiger partial charge in [0, 0.05) is 32.2 Å². The van der Waals surface area contributed by atoms with Crippen LogP contribution in [0, 0.1) is 0 Å². The highest BCUT2D eigenvalue weighted by molar-refractivity contribution is 6.42. The first-order valence-corrected chi connectivity index (χ1v) is 6.95. The normalized spacial score (nSPS) is 16.2. The molecule has 1 saturated heterocycles. The summed E-state index contributed by atoms with van der Waals surface area (Å²) < 4.78 is 5.61. The maximum absolute atomic E-state index is 12.2. The second-order valence-electron chi connectivity index (χ2n) is 4.41. The van der Waals surface area contributed by atoms with Crippen LogP contribution in [0.15, 0.2) is 18.2 Å². The topological polar surface area (TPSA) is 41.6 Å². The molecule has 0 bridgehead atoms. The number of carbonyl (C=O) groups is 1. The number of nitrogens with one attached hydrogen (secondary N) is 1. The zero-order valence-corrected chi connectivity index (χ0v) is 13.4. The van der Waals surface area contributed by atoms with E-state index in [-0.39, 0.29) is 18.3 Å². The zero-order valence-electron chi connectivity index (χ0n) is 11.1. The van der Waals surface area contributed by atoms with Gasteiger partial charge in [0.05, 0.1) is 10.0 Å². The minimum atomic E-state index is -0.532. The lowest BCUT2D eigenvalue weighted by atomic mass is 10.2. The van der Waals surface area contributed by atoms with Crippen LogP contribution in [0.1, 0.15) is 6.92 Å². The highest BCUT2D eigenvalue weighted by Crippen LogP contribution is 2.27. The first-order chi connectivity index (χ1) is 9.08. The summed E-state index contributed by atoms with van der Waals surface area (Å²) in [4.78, 5) is 14.0. The Morgan fingerprint density at radius 2 is 1.95 bits per heavy atom. The van der Waals surface area contributed by atoms with Gasteiger partial charge in [-0.3, -0.25) is 4.79 Å². The lowest BCUT2D eigenvalue weighted by molar-refractivity contribution is -0.138. The SMILES string of the molecule is CC(Oc1ccc(Cl)c(Cl)c1)C(=O)N1CCNCC1.Cl. The van der Waals surface area contributed by atoms with E-state index < -0.39 is 6.10 Å². The van der Waals surface area contributed by atoms with Crippen molar-refractivity contribution >= 4 is 41.5 Å². The van der Waals surface area contributed by atoms with Crippen LogP contribution in [0.25, 0.3) is 0 Å². The van der Waals surface area contributed by atoms with Gasteiger partial charge >= 0.3 is 0 Å². The summed E-state index contributed by atoms with van der Waals surface area (Å²) in [6.07, 6.45) is -0.532. The second-order valence-corrected chi connectivity index (χ2v) is 5.23. The maximum Gasteiger partial charge on any atom is 0.263 e. The van der Waals surface area contributed by atoms with Crippen molar-refractivity contribution in [3.8, 4) is 5.75 Å². The fourth-order valence-corrected chi connectivity index (χ4v) is 2.24. The Bertz CT molecular complexity index is 465. The molecule has 0 aliphatic carbocycles. The number of carbonyl (C=O) groups excluding carboxylic acids is 1. The fraction of sp³-hybridized carbons (Fsp3) is 0.462. The Morgan fingerprint density at radius 3 is 2.55 bits per heavy atom. The first kappa shape index (κ1) is 17.4. The van der Waals surface area contributed by atoms with Crippen molar-refractivity contribution in [1.29, 1.82) is 0 Å². The fourth-order valence-electron chi connectivity index (χ4n) is 1.95. The van der Waals surface area contributed by atoms with E-state index in [0.29, 0.717) is 28.9 Å². The molecular formula is C13H17Cl3N2O2. The molecule has 1 fully saturated rings. The minimum absolute atomic E-state index is 0. The van der Waals surface area contributed by atoms with Crippen molar-refractivity contribution < 1.29 is 9.53 Å². The molecular weight excluding hydrogens is 323 g/mol. The predicted octanol–water partition coefficient (Wildman–Crippen LogP) is 2.61. The third-order valence-electron chi connectivity index (χ3n) is 2.98. The smallest absolute Gasteiger partial charge is 0.263 e. The number of benzene rings is 1. The van der Waals surface area contributed by atoms with Crippen LogP contribution >= 0.6 is 35.6 Å². The van der Waals surface area contributed by atoms with Gasteiger partial charge in [-0.2, -0.15) is 0 Å². The Kier molecular flexibility index (Phi) is 6.89. The molecule has 0 saturated carbocycles. The van der Waals surface area contributed by atoms with Crippen molar-refractivity contribution in [2.45, 2.75) is 13.0 Å². The summed E-state index contributed by atoms with van der Waals surface area (Å²) in [5.41, 5.74) is 0. The number of halogens is 3. The van der Waals surface area contributed by atoms with Gasteiger partial charge in [0.25, 0.3) is 5.91 Å². The van der Waals surface area contributed by atoms with E-state index >= 15 is 0 Å². The number of rotatable bonds is 3. The summed E-state index contributed by atoms with van der Waals surface area (Å²) in [5, 5.41) is 4.09. The molecule has 1 aliphatic rings. The molecule has 1 heterocycles. The number of piperazine rings is 1. The van der Waals surface area contributed by atoms with Crippen LogP contribution < -0.4 is 10.1 Å². The van der Waals surface area contributed by atoms with Crippen LogP contribution in [0.2, 0.25) is 10.0 Å². The molecule has 2 rings (SSSR count). The van der Waals surface area contributed by atoms with E-state index in [4.69, 9.17) is 27.9 Å². The van der Waals surface area contributed by atoms with Crippen molar-refractivity contribution in [3.05, 3.63) is 28.2 Å². The van der Waals surface area contributed by atoms with Crippen molar-refractivity contribution in [3.63, 3.8) is 0 Å². The average molecular weight is 340 g/mol. The molecule has 0 radical (unpaired) electrons.